The third-order valence-corrected chi connectivity index (χ3v) is 4.57. The molecular weight excluding hydrogens is 250 g/mol. The molecule has 16 heavy (non-hydrogen) atoms. The van der Waals surface area contributed by atoms with E-state index in [0.29, 0.717) is 0 Å². The zero-order valence-electron chi connectivity index (χ0n) is 10.1. The summed E-state index contributed by atoms with van der Waals surface area (Å²) < 4.78 is 27.8. The molecule has 0 aliphatic carbocycles. The van der Waals surface area contributed by atoms with E-state index in [1.807, 2.05) is 13.8 Å². The molecule has 0 unspecified atom stereocenters. The van der Waals surface area contributed by atoms with Gasteiger partial charge in [-0.15, -0.1) is 12.4 Å². The average Bonchev–Trinajstić information content (AvgIpc) is 2.17. The van der Waals surface area contributed by atoms with Crippen LogP contribution in [0.15, 0.2) is 0 Å². The summed E-state index contributed by atoms with van der Waals surface area (Å²) in [4.78, 5) is 0. The molecule has 0 radical (unpaired) electrons. The Balaban J connectivity index is 0.00000225. The number of hydrogen-bond donors (Lipinski definition) is 2. The molecule has 0 aromatic heterocycles. The SMILES string of the molecule is CC(C)N(C)S(=O)(=O)NC1CCNCC1.Cl. The van der Waals surface area contributed by atoms with E-state index in [4.69, 9.17) is 0 Å². The third kappa shape index (κ3) is 4.55. The fourth-order valence-corrected chi connectivity index (χ4v) is 2.89. The lowest BCUT2D eigenvalue weighted by atomic mass is 10.1. The molecule has 7 heteroatoms. The Morgan fingerprint density at radius 1 is 1.31 bits per heavy atom. The normalized spacial score (nSPS) is 18.8. The number of rotatable bonds is 4. The lowest BCUT2D eigenvalue weighted by Gasteiger charge is -2.27. The first kappa shape index (κ1) is 16.1. The van der Waals surface area contributed by atoms with Gasteiger partial charge < -0.3 is 5.32 Å². The van der Waals surface area contributed by atoms with Gasteiger partial charge in [-0.3, -0.25) is 0 Å². The quantitative estimate of drug-likeness (QED) is 0.775. The van der Waals surface area contributed by atoms with E-state index in [-0.39, 0.29) is 24.5 Å². The smallest absolute Gasteiger partial charge is 0.279 e. The van der Waals surface area contributed by atoms with Crippen molar-refractivity contribution in [2.45, 2.75) is 38.8 Å². The van der Waals surface area contributed by atoms with Crippen molar-refractivity contribution in [3.8, 4) is 0 Å². The summed E-state index contributed by atoms with van der Waals surface area (Å²) >= 11 is 0. The Bertz CT molecular complexity index is 289. The van der Waals surface area contributed by atoms with Crippen molar-refractivity contribution in [2.75, 3.05) is 20.1 Å². The van der Waals surface area contributed by atoms with Crippen molar-refractivity contribution in [3.05, 3.63) is 0 Å². The molecule has 1 heterocycles. The lowest BCUT2D eigenvalue weighted by Crippen LogP contribution is -2.49. The van der Waals surface area contributed by atoms with Crippen LogP contribution >= 0.6 is 12.4 Å². The standard InChI is InChI=1S/C9H21N3O2S.ClH/c1-8(2)12(3)15(13,14)11-9-4-6-10-7-5-9;/h8-11H,4-7H2,1-3H3;1H. The highest BCUT2D eigenvalue weighted by Gasteiger charge is 2.24. The maximum atomic E-state index is 11.8. The lowest BCUT2D eigenvalue weighted by molar-refractivity contribution is 0.376. The summed E-state index contributed by atoms with van der Waals surface area (Å²) in [7, 11) is -1.70. The highest BCUT2D eigenvalue weighted by molar-refractivity contribution is 7.87. The fourth-order valence-electron chi connectivity index (χ4n) is 1.51. The van der Waals surface area contributed by atoms with Crippen molar-refractivity contribution in [2.24, 2.45) is 0 Å². The largest absolute Gasteiger partial charge is 0.317 e. The van der Waals surface area contributed by atoms with Gasteiger partial charge in [0.15, 0.2) is 0 Å². The van der Waals surface area contributed by atoms with E-state index in [9.17, 15) is 8.42 Å². The van der Waals surface area contributed by atoms with Crippen molar-refractivity contribution >= 4 is 22.6 Å². The minimum atomic E-state index is -3.30. The van der Waals surface area contributed by atoms with Crippen LogP contribution in [-0.4, -0.2) is 44.9 Å². The van der Waals surface area contributed by atoms with Gasteiger partial charge in [-0.05, 0) is 39.8 Å². The Hall–Kier alpha value is 0.120. The molecule has 0 saturated carbocycles. The molecule has 0 aromatic carbocycles. The molecule has 0 atom stereocenters. The second kappa shape index (κ2) is 6.76. The van der Waals surface area contributed by atoms with Gasteiger partial charge in [0.25, 0.3) is 10.2 Å². The van der Waals surface area contributed by atoms with E-state index in [1.165, 1.54) is 4.31 Å². The van der Waals surface area contributed by atoms with E-state index in [1.54, 1.807) is 7.05 Å². The predicted molar refractivity (Wildman–Crippen MR) is 68.1 cm³/mol. The summed E-state index contributed by atoms with van der Waals surface area (Å²) in [5.41, 5.74) is 0. The predicted octanol–water partition coefficient (Wildman–Crippen LogP) is 0.335. The van der Waals surface area contributed by atoms with Crippen LogP contribution in [0.2, 0.25) is 0 Å². The number of nitrogens with one attached hydrogen (secondary N) is 2. The molecule has 1 aliphatic heterocycles. The van der Waals surface area contributed by atoms with Crippen LogP contribution in [0.3, 0.4) is 0 Å². The van der Waals surface area contributed by atoms with Crippen LogP contribution in [0, 0.1) is 0 Å². The Morgan fingerprint density at radius 3 is 2.25 bits per heavy atom. The first-order valence-electron chi connectivity index (χ1n) is 5.39. The van der Waals surface area contributed by atoms with Crippen LogP contribution in [0.5, 0.6) is 0 Å². The molecular formula is C9H22ClN3O2S. The number of halogens is 1. The van der Waals surface area contributed by atoms with Gasteiger partial charge in [-0.2, -0.15) is 17.4 Å². The maximum Gasteiger partial charge on any atom is 0.279 e. The van der Waals surface area contributed by atoms with Gasteiger partial charge in [0.1, 0.15) is 0 Å². The minimum absolute atomic E-state index is 0. The number of nitrogens with zero attached hydrogens (tertiary/aromatic N) is 1. The monoisotopic (exact) mass is 271 g/mol. The van der Waals surface area contributed by atoms with Crippen molar-refractivity contribution in [1.29, 1.82) is 0 Å². The molecule has 1 saturated heterocycles. The summed E-state index contributed by atoms with van der Waals surface area (Å²) in [5.74, 6) is 0. The highest BCUT2D eigenvalue weighted by Crippen LogP contribution is 2.07. The van der Waals surface area contributed by atoms with Gasteiger partial charge in [0, 0.05) is 19.1 Å². The number of hydrogen-bond acceptors (Lipinski definition) is 3. The molecule has 0 amide bonds. The highest BCUT2D eigenvalue weighted by atomic mass is 35.5. The summed E-state index contributed by atoms with van der Waals surface area (Å²) in [5, 5.41) is 3.20. The molecule has 0 aromatic rings. The van der Waals surface area contributed by atoms with E-state index in [0.717, 1.165) is 25.9 Å². The zero-order chi connectivity index (χ0) is 11.5. The average molecular weight is 272 g/mol. The Kier molecular flexibility index (Phi) is 6.81. The molecule has 0 bridgehead atoms. The zero-order valence-corrected chi connectivity index (χ0v) is 11.7. The van der Waals surface area contributed by atoms with Gasteiger partial charge in [-0.25, -0.2) is 0 Å². The molecule has 1 rings (SSSR count). The number of piperidine rings is 1. The van der Waals surface area contributed by atoms with E-state index in [2.05, 4.69) is 10.0 Å². The molecule has 1 fully saturated rings. The van der Waals surface area contributed by atoms with Gasteiger partial charge in [0.05, 0.1) is 0 Å². The van der Waals surface area contributed by atoms with Crippen molar-refractivity contribution in [3.63, 3.8) is 0 Å². The molecule has 98 valence electrons. The van der Waals surface area contributed by atoms with Crippen molar-refractivity contribution < 1.29 is 8.42 Å². The topological polar surface area (TPSA) is 61.4 Å². The van der Waals surface area contributed by atoms with Crippen LogP contribution in [0.1, 0.15) is 26.7 Å². The molecule has 2 N–H and O–H groups in total. The fraction of sp³-hybridized carbons (Fsp3) is 1.00. The van der Waals surface area contributed by atoms with Crippen LogP contribution in [0.4, 0.5) is 0 Å². The third-order valence-electron chi connectivity index (χ3n) is 2.76. The maximum absolute atomic E-state index is 11.8. The van der Waals surface area contributed by atoms with Crippen LogP contribution in [0.25, 0.3) is 0 Å². The van der Waals surface area contributed by atoms with Gasteiger partial charge >= 0.3 is 0 Å². The summed E-state index contributed by atoms with van der Waals surface area (Å²) in [6, 6.07) is 0.0710. The van der Waals surface area contributed by atoms with E-state index < -0.39 is 10.2 Å². The molecule has 1 aliphatic rings. The van der Waals surface area contributed by atoms with Crippen LogP contribution in [-0.2, 0) is 10.2 Å². The van der Waals surface area contributed by atoms with Crippen molar-refractivity contribution in [1.82, 2.24) is 14.3 Å². The molecule has 0 spiro atoms. The first-order valence-corrected chi connectivity index (χ1v) is 6.83. The first-order chi connectivity index (χ1) is 6.93. The van der Waals surface area contributed by atoms with E-state index >= 15 is 0 Å². The van der Waals surface area contributed by atoms with Gasteiger partial charge in [0.2, 0.25) is 0 Å². The second-order valence-electron chi connectivity index (χ2n) is 4.26. The second-order valence-corrected chi connectivity index (χ2v) is 6.02. The minimum Gasteiger partial charge on any atom is -0.317 e. The Labute approximate surface area is 105 Å². The molecule has 5 nitrogen and oxygen atoms in total. The van der Waals surface area contributed by atoms with Gasteiger partial charge in [-0.1, -0.05) is 0 Å². The van der Waals surface area contributed by atoms with Crippen LogP contribution < -0.4 is 10.0 Å². The Morgan fingerprint density at radius 2 is 1.81 bits per heavy atom. The summed E-state index contributed by atoms with van der Waals surface area (Å²) in [6.45, 7) is 5.50. The summed E-state index contributed by atoms with van der Waals surface area (Å²) in [6.07, 6.45) is 1.73.